The maximum Gasteiger partial charge on any atom is 0.293 e. The number of aliphatic hydroxyl groups excluding tert-OH is 1. The van der Waals surface area contributed by atoms with Crippen LogP contribution in [-0.2, 0) is 10.0 Å². The van der Waals surface area contributed by atoms with E-state index in [9.17, 15) is 18.3 Å². The van der Waals surface area contributed by atoms with Gasteiger partial charge in [0.15, 0.2) is 5.89 Å². The number of rotatable bonds is 4. The van der Waals surface area contributed by atoms with Crippen LogP contribution in [0.5, 0.6) is 0 Å². The fourth-order valence-electron chi connectivity index (χ4n) is 5.41. The molecule has 1 aliphatic heterocycles. The Bertz CT molecular complexity index is 1080. The van der Waals surface area contributed by atoms with Crippen LogP contribution in [0.25, 0.3) is 0 Å². The minimum atomic E-state index is -3.70. The molecule has 3 fully saturated rings. The maximum absolute atomic E-state index is 13.2. The van der Waals surface area contributed by atoms with E-state index in [0.29, 0.717) is 29.7 Å². The molecule has 2 bridgehead atoms. The quantitative estimate of drug-likeness (QED) is 0.786. The summed E-state index contributed by atoms with van der Waals surface area (Å²) in [6.07, 6.45) is 1.27. The average Bonchev–Trinajstić information content (AvgIpc) is 3.37. The Kier molecular flexibility index (Phi) is 4.13. The highest BCUT2D eigenvalue weighted by Crippen LogP contribution is 2.56. The molecule has 5 atom stereocenters. The summed E-state index contributed by atoms with van der Waals surface area (Å²) in [6, 6.07) is 5.79. The van der Waals surface area contributed by atoms with Crippen LogP contribution >= 0.6 is 0 Å². The third-order valence-corrected chi connectivity index (χ3v) is 8.51. The lowest BCUT2D eigenvalue weighted by molar-refractivity contribution is 0.0731. The van der Waals surface area contributed by atoms with Crippen molar-refractivity contribution < 1.29 is 22.7 Å². The normalized spacial score (nSPS) is 30.8. The molecule has 0 unspecified atom stereocenters. The molecule has 1 aromatic carbocycles. The largest absolute Gasteiger partial charge is 0.436 e. The van der Waals surface area contributed by atoms with E-state index in [4.69, 9.17) is 4.42 Å². The van der Waals surface area contributed by atoms with Crippen LogP contribution in [0.1, 0.15) is 35.0 Å². The number of aliphatic hydroxyl groups is 1. The monoisotopic (exact) mass is 417 g/mol. The lowest BCUT2D eigenvalue weighted by Gasteiger charge is -2.28. The number of benzene rings is 1. The van der Waals surface area contributed by atoms with Gasteiger partial charge < -0.3 is 14.8 Å². The van der Waals surface area contributed by atoms with Gasteiger partial charge in [-0.1, -0.05) is 0 Å². The standard InChI is InChI=1S/C20H23N3O5S/c1-10-19(28-11(2)21-10)20(25)22-14-3-5-15(6-4-14)29(26,27)23-9-13-7-12-8-16(13)17(23)18(12)24/h3-6,12-13,16-18,24H,7-9H2,1-2H3,(H,22,25)/t12-,13-,16+,17-,18-/m0/s1. The Balaban J connectivity index is 1.35. The summed E-state index contributed by atoms with van der Waals surface area (Å²) in [6.45, 7) is 3.83. The Morgan fingerprint density at radius 3 is 2.55 bits per heavy atom. The van der Waals surface area contributed by atoms with E-state index in [0.717, 1.165) is 12.8 Å². The minimum absolute atomic E-state index is 0.136. The second-order valence-electron chi connectivity index (χ2n) is 8.34. The molecule has 154 valence electrons. The van der Waals surface area contributed by atoms with Crippen LogP contribution in [0, 0.1) is 31.6 Å². The summed E-state index contributed by atoms with van der Waals surface area (Å²) in [5.41, 5.74) is 0.959. The molecule has 8 nitrogen and oxygen atoms in total. The zero-order chi connectivity index (χ0) is 20.5. The van der Waals surface area contributed by atoms with Gasteiger partial charge in [-0.15, -0.1) is 0 Å². The predicted molar refractivity (Wildman–Crippen MR) is 104 cm³/mol. The van der Waals surface area contributed by atoms with Crippen LogP contribution in [0.15, 0.2) is 33.6 Å². The topological polar surface area (TPSA) is 113 Å². The first-order valence-corrected chi connectivity index (χ1v) is 11.2. The number of hydrogen-bond acceptors (Lipinski definition) is 6. The highest BCUT2D eigenvalue weighted by atomic mass is 32.2. The van der Waals surface area contributed by atoms with Crippen LogP contribution < -0.4 is 5.32 Å². The number of oxazole rings is 1. The van der Waals surface area contributed by atoms with Gasteiger partial charge >= 0.3 is 0 Å². The third kappa shape index (κ3) is 2.83. The van der Waals surface area contributed by atoms with Crippen molar-refractivity contribution in [3.8, 4) is 0 Å². The van der Waals surface area contributed by atoms with Crippen LogP contribution in [0.4, 0.5) is 5.69 Å². The molecule has 2 N–H and O–H groups in total. The molecule has 1 saturated heterocycles. The molecule has 2 aromatic rings. The Hall–Kier alpha value is -2.23. The number of sulfonamides is 1. The third-order valence-electron chi connectivity index (χ3n) is 6.63. The van der Waals surface area contributed by atoms with Crippen molar-refractivity contribution >= 4 is 21.6 Å². The number of amides is 1. The van der Waals surface area contributed by atoms with Gasteiger partial charge in [0.25, 0.3) is 5.91 Å². The van der Waals surface area contributed by atoms with Gasteiger partial charge in [0.2, 0.25) is 15.8 Å². The highest BCUT2D eigenvalue weighted by Gasteiger charge is 2.61. The van der Waals surface area contributed by atoms with Crippen LogP contribution in [0.3, 0.4) is 0 Å². The molecular formula is C20H23N3O5S. The molecule has 0 radical (unpaired) electrons. The molecule has 2 saturated carbocycles. The molecule has 1 amide bonds. The van der Waals surface area contributed by atoms with Gasteiger partial charge in [-0.3, -0.25) is 4.79 Å². The van der Waals surface area contributed by atoms with Crippen molar-refractivity contribution in [2.45, 2.75) is 43.7 Å². The molecule has 5 rings (SSSR count). The van der Waals surface area contributed by atoms with Gasteiger partial charge in [0, 0.05) is 19.2 Å². The first-order valence-electron chi connectivity index (χ1n) is 9.81. The molecule has 9 heteroatoms. The van der Waals surface area contributed by atoms with Crippen molar-refractivity contribution in [2.75, 3.05) is 11.9 Å². The van der Waals surface area contributed by atoms with E-state index in [2.05, 4.69) is 10.3 Å². The molecule has 3 aliphatic rings. The lowest BCUT2D eigenvalue weighted by Crippen LogP contribution is -2.43. The Morgan fingerprint density at radius 2 is 1.93 bits per heavy atom. The number of fused-ring (bicyclic) bond motifs is 1. The van der Waals surface area contributed by atoms with Crippen molar-refractivity contribution in [1.29, 1.82) is 0 Å². The molecule has 1 aromatic heterocycles. The number of nitrogens with one attached hydrogen (secondary N) is 1. The first-order chi connectivity index (χ1) is 13.8. The Labute approximate surface area is 169 Å². The molecule has 2 heterocycles. The SMILES string of the molecule is Cc1nc(C)c(C(=O)Nc2ccc(S(=O)(=O)N3C[C@@H]4C[C@H]5C[C@H]4[C@H]3[C@H]5O)cc2)o1. The number of aromatic nitrogens is 1. The van der Waals surface area contributed by atoms with Crippen LogP contribution in [-0.4, -0.2) is 47.4 Å². The summed E-state index contributed by atoms with van der Waals surface area (Å²) in [7, 11) is -3.70. The summed E-state index contributed by atoms with van der Waals surface area (Å²) in [4.78, 5) is 16.6. The van der Waals surface area contributed by atoms with Gasteiger partial charge in [-0.2, -0.15) is 4.31 Å². The number of nitrogens with zero attached hydrogens (tertiary/aromatic N) is 2. The second kappa shape index (κ2) is 6.38. The smallest absolute Gasteiger partial charge is 0.293 e. The van der Waals surface area contributed by atoms with Gasteiger partial charge in [0.05, 0.1) is 22.7 Å². The molecule has 2 aliphatic carbocycles. The van der Waals surface area contributed by atoms with Crippen LogP contribution in [0.2, 0.25) is 0 Å². The summed E-state index contributed by atoms with van der Waals surface area (Å²) in [5, 5.41) is 13.2. The minimum Gasteiger partial charge on any atom is -0.436 e. The fourth-order valence-corrected chi connectivity index (χ4v) is 7.15. The first kappa shape index (κ1) is 18.8. The summed E-state index contributed by atoms with van der Waals surface area (Å²) >= 11 is 0. The van der Waals surface area contributed by atoms with Crippen molar-refractivity contribution in [3.05, 3.63) is 41.6 Å². The second-order valence-corrected chi connectivity index (χ2v) is 10.2. The zero-order valence-electron chi connectivity index (χ0n) is 16.2. The lowest BCUT2D eigenvalue weighted by atomic mass is 9.88. The van der Waals surface area contributed by atoms with Gasteiger partial charge in [-0.05, 0) is 61.8 Å². The van der Waals surface area contributed by atoms with Crippen molar-refractivity contribution in [2.24, 2.45) is 17.8 Å². The summed E-state index contributed by atoms with van der Waals surface area (Å²) in [5.74, 6) is 0.972. The maximum atomic E-state index is 13.2. The Morgan fingerprint density at radius 1 is 1.21 bits per heavy atom. The van der Waals surface area contributed by atoms with Gasteiger partial charge in [0.1, 0.15) is 0 Å². The number of carbonyl (C=O) groups is 1. The van der Waals surface area contributed by atoms with Gasteiger partial charge in [-0.25, -0.2) is 13.4 Å². The number of anilines is 1. The van der Waals surface area contributed by atoms with E-state index >= 15 is 0 Å². The molecule has 0 spiro atoms. The predicted octanol–water partition coefficient (Wildman–Crippen LogP) is 1.93. The van der Waals surface area contributed by atoms with E-state index < -0.39 is 22.0 Å². The van der Waals surface area contributed by atoms with Crippen molar-refractivity contribution in [3.63, 3.8) is 0 Å². The number of hydrogen-bond donors (Lipinski definition) is 2. The van der Waals surface area contributed by atoms with E-state index in [1.54, 1.807) is 26.0 Å². The molecule has 29 heavy (non-hydrogen) atoms. The fraction of sp³-hybridized carbons (Fsp3) is 0.500. The van der Waals surface area contributed by atoms with E-state index in [1.165, 1.54) is 16.4 Å². The highest BCUT2D eigenvalue weighted by molar-refractivity contribution is 7.89. The zero-order valence-corrected chi connectivity index (χ0v) is 17.0. The van der Waals surface area contributed by atoms with Crippen molar-refractivity contribution in [1.82, 2.24) is 9.29 Å². The van der Waals surface area contributed by atoms with E-state index in [-0.39, 0.29) is 28.5 Å². The number of carbonyl (C=O) groups excluding carboxylic acids is 1. The average molecular weight is 417 g/mol. The number of aryl methyl sites for hydroxylation is 2. The summed E-state index contributed by atoms with van der Waals surface area (Å²) < 4.78 is 33.2. The molecular weight excluding hydrogens is 394 g/mol. The van der Waals surface area contributed by atoms with E-state index in [1.807, 2.05) is 0 Å².